The van der Waals surface area contributed by atoms with Gasteiger partial charge in [-0.15, -0.1) is 0 Å². The normalized spacial score (nSPS) is 14.4. The highest BCUT2D eigenvalue weighted by Gasteiger charge is 2.27. The highest BCUT2D eigenvalue weighted by atomic mass is 19.2. The number of halogens is 2. The molecule has 11 heteroatoms. The number of nitrogens with zero attached hydrogens (tertiary/aromatic N) is 5. The van der Waals surface area contributed by atoms with Gasteiger partial charge < -0.3 is 19.8 Å². The van der Waals surface area contributed by atoms with Gasteiger partial charge in [-0.25, -0.2) is 14.4 Å². The number of hydrogen-bond donors (Lipinski definition) is 1. The monoisotopic (exact) mass is 592 g/mol. The Hall–Kier alpha value is -4.09. The van der Waals surface area contributed by atoms with E-state index in [1.165, 1.54) is 0 Å². The molecular formula is C32H38F2N6O3. The number of anilines is 1. The van der Waals surface area contributed by atoms with Crippen molar-refractivity contribution in [3.63, 3.8) is 0 Å². The van der Waals surface area contributed by atoms with Crippen LogP contribution in [0.3, 0.4) is 0 Å². The summed E-state index contributed by atoms with van der Waals surface area (Å²) in [7, 11) is 1.58. The second-order valence-electron chi connectivity index (χ2n) is 11.0. The Bertz CT molecular complexity index is 1630. The minimum absolute atomic E-state index is 0.124. The minimum atomic E-state index is -1.09. The molecule has 1 aliphatic rings. The zero-order chi connectivity index (χ0) is 30.5. The van der Waals surface area contributed by atoms with Gasteiger partial charge in [-0.1, -0.05) is 13.0 Å². The van der Waals surface area contributed by atoms with Crippen molar-refractivity contribution in [2.45, 2.75) is 52.4 Å². The number of aromatic nitrogens is 3. The molecule has 0 radical (unpaired) electrons. The minimum Gasteiger partial charge on any atom is -0.486 e. The molecule has 0 saturated carbocycles. The number of rotatable bonds is 13. The predicted molar refractivity (Wildman–Crippen MR) is 162 cm³/mol. The molecule has 0 bridgehead atoms. The van der Waals surface area contributed by atoms with Crippen LogP contribution in [0.5, 0.6) is 11.6 Å². The van der Waals surface area contributed by atoms with Crippen molar-refractivity contribution in [2.24, 2.45) is 0 Å². The van der Waals surface area contributed by atoms with Crippen molar-refractivity contribution >= 4 is 16.7 Å². The van der Waals surface area contributed by atoms with Gasteiger partial charge >= 0.3 is 0 Å². The second-order valence-corrected chi connectivity index (χ2v) is 11.0. The van der Waals surface area contributed by atoms with Crippen LogP contribution in [0.4, 0.5) is 14.6 Å². The van der Waals surface area contributed by atoms with E-state index in [-0.39, 0.29) is 29.2 Å². The number of hydrogen-bond acceptors (Lipinski definition) is 8. The van der Waals surface area contributed by atoms with E-state index in [1.807, 2.05) is 42.0 Å². The van der Waals surface area contributed by atoms with Crippen molar-refractivity contribution < 1.29 is 18.3 Å². The zero-order valence-corrected chi connectivity index (χ0v) is 24.9. The molecule has 0 aliphatic carbocycles. The number of ether oxygens (including phenoxy) is 2. The fourth-order valence-electron chi connectivity index (χ4n) is 5.54. The maximum atomic E-state index is 14.6. The molecule has 9 nitrogen and oxygen atoms in total. The first-order valence-corrected chi connectivity index (χ1v) is 14.6. The Balaban J connectivity index is 1.36. The molecule has 5 rings (SSSR count). The first kappa shape index (κ1) is 30.4. The summed E-state index contributed by atoms with van der Waals surface area (Å²) in [6.07, 6.45) is 7.14. The van der Waals surface area contributed by atoms with Gasteiger partial charge in [0.2, 0.25) is 11.7 Å². The van der Waals surface area contributed by atoms with E-state index in [0.29, 0.717) is 35.9 Å². The lowest BCUT2D eigenvalue weighted by atomic mass is 10.1. The van der Waals surface area contributed by atoms with E-state index in [2.05, 4.69) is 26.7 Å². The fourth-order valence-corrected chi connectivity index (χ4v) is 5.54. The molecule has 1 aliphatic heterocycles. The van der Waals surface area contributed by atoms with E-state index in [0.717, 1.165) is 56.2 Å². The van der Waals surface area contributed by atoms with Crippen LogP contribution < -0.4 is 20.6 Å². The van der Waals surface area contributed by atoms with Crippen molar-refractivity contribution in [1.82, 2.24) is 24.3 Å². The molecule has 3 aromatic heterocycles. The average Bonchev–Trinajstić information content (AvgIpc) is 3.01. The molecular weight excluding hydrogens is 554 g/mol. The molecule has 0 saturated heterocycles. The number of nitrogens with two attached hydrogens (primary N) is 1. The molecule has 0 fully saturated rings. The van der Waals surface area contributed by atoms with E-state index >= 15 is 0 Å². The number of nitrogen functional groups attached to an aromatic ring is 1. The van der Waals surface area contributed by atoms with Gasteiger partial charge in [-0.05, 0) is 68.7 Å². The Labute approximate surface area is 249 Å². The molecule has 0 spiro atoms. The summed E-state index contributed by atoms with van der Waals surface area (Å²) in [5.41, 5.74) is 8.33. The number of unbranched alkanes of at least 4 members (excludes halogenated alkanes) is 1. The van der Waals surface area contributed by atoms with Gasteiger partial charge in [-0.3, -0.25) is 14.6 Å². The first-order valence-electron chi connectivity index (χ1n) is 14.6. The summed E-state index contributed by atoms with van der Waals surface area (Å²) in [6.45, 7) is 8.49. The topological polar surface area (TPSA) is 98.7 Å². The third kappa shape index (κ3) is 6.94. The summed E-state index contributed by atoms with van der Waals surface area (Å²) in [4.78, 5) is 26.6. The largest absolute Gasteiger partial charge is 0.486 e. The van der Waals surface area contributed by atoms with Gasteiger partial charge in [0.1, 0.15) is 12.4 Å². The number of pyridine rings is 3. The van der Waals surface area contributed by atoms with Gasteiger partial charge in [0.25, 0.3) is 0 Å². The smallest absolute Gasteiger partial charge is 0.213 e. The number of methoxy groups -OCH3 is 1. The van der Waals surface area contributed by atoms with Gasteiger partial charge in [0.05, 0.1) is 24.1 Å². The van der Waals surface area contributed by atoms with E-state index < -0.39 is 11.6 Å². The van der Waals surface area contributed by atoms with Gasteiger partial charge in [-0.2, -0.15) is 4.39 Å². The molecule has 1 atom stereocenters. The Morgan fingerprint density at radius 3 is 2.56 bits per heavy atom. The second kappa shape index (κ2) is 13.5. The highest BCUT2D eigenvalue weighted by molar-refractivity contribution is 5.86. The number of benzene rings is 1. The third-order valence-corrected chi connectivity index (χ3v) is 7.89. The van der Waals surface area contributed by atoms with Crippen LogP contribution in [0.1, 0.15) is 49.4 Å². The van der Waals surface area contributed by atoms with E-state index in [1.54, 1.807) is 19.5 Å². The first-order chi connectivity index (χ1) is 20.8. The summed E-state index contributed by atoms with van der Waals surface area (Å²) in [6, 6.07) is 8.47. The van der Waals surface area contributed by atoms with Crippen LogP contribution in [0.25, 0.3) is 10.9 Å². The highest BCUT2D eigenvalue weighted by Crippen LogP contribution is 2.35. The molecule has 1 unspecified atom stereocenters. The molecule has 43 heavy (non-hydrogen) atoms. The molecule has 1 aromatic carbocycles. The van der Waals surface area contributed by atoms with Gasteiger partial charge in [0, 0.05) is 49.9 Å². The lowest BCUT2D eigenvalue weighted by molar-refractivity contribution is 0.225. The van der Waals surface area contributed by atoms with Crippen molar-refractivity contribution in [3.8, 4) is 11.6 Å². The Morgan fingerprint density at radius 2 is 1.84 bits per heavy atom. The Kier molecular flexibility index (Phi) is 9.52. The Morgan fingerprint density at radius 1 is 1.07 bits per heavy atom. The van der Waals surface area contributed by atoms with Gasteiger partial charge in [0.15, 0.2) is 17.0 Å². The third-order valence-electron chi connectivity index (χ3n) is 7.89. The molecule has 2 N–H and O–H groups in total. The van der Waals surface area contributed by atoms with E-state index in [9.17, 15) is 13.6 Å². The fraction of sp³-hybridized carbons (Fsp3) is 0.406. The summed E-state index contributed by atoms with van der Waals surface area (Å²) in [5, 5.41) is 0.124. The lowest BCUT2D eigenvalue weighted by Gasteiger charge is -2.29. The van der Waals surface area contributed by atoms with Crippen molar-refractivity contribution in [2.75, 3.05) is 39.1 Å². The zero-order valence-electron chi connectivity index (χ0n) is 24.9. The summed E-state index contributed by atoms with van der Waals surface area (Å²) >= 11 is 0. The van der Waals surface area contributed by atoms with E-state index in [4.69, 9.17) is 15.2 Å². The molecule has 4 heterocycles. The van der Waals surface area contributed by atoms with Crippen LogP contribution in [-0.4, -0.2) is 57.7 Å². The SMILES string of the molecule is CCN(CCCCN(Cc1ccnc(OC)c1)Cc1cn2c3c(c(F)c(F)cc3c1=O)OCC2C)Cc1ccc(N)nc1. The molecule has 4 aromatic rings. The maximum Gasteiger partial charge on any atom is 0.213 e. The summed E-state index contributed by atoms with van der Waals surface area (Å²) < 4.78 is 41.7. The van der Waals surface area contributed by atoms with Crippen LogP contribution in [0.2, 0.25) is 0 Å². The van der Waals surface area contributed by atoms with Crippen molar-refractivity contribution in [3.05, 3.63) is 87.5 Å². The molecule has 228 valence electrons. The average molecular weight is 593 g/mol. The standard InChI is InChI=1S/C32H38F2N6O3/c1-4-38(17-23-7-8-27(35)37-15-23)11-5-6-12-39(16-22-9-10-36-28(13-22)42-3)18-24-19-40-21(2)20-43-32-29(34)26(33)14-25(30(32)40)31(24)41/h7-10,13-15,19,21H,4-6,11-12,16-18,20H2,1-3H3,(H2,35,37). The van der Waals surface area contributed by atoms with Crippen LogP contribution >= 0.6 is 0 Å². The van der Waals surface area contributed by atoms with Crippen LogP contribution in [0, 0.1) is 11.6 Å². The molecule has 0 amide bonds. The van der Waals surface area contributed by atoms with Crippen molar-refractivity contribution in [1.29, 1.82) is 0 Å². The summed E-state index contributed by atoms with van der Waals surface area (Å²) in [5.74, 6) is -1.33. The quantitative estimate of drug-likeness (QED) is 0.219. The predicted octanol–water partition coefficient (Wildman–Crippen LogP) is 4.92. The van der Waals surface area contributed by atoms with Crippen LogP contribution in [0.15, 0.2) is 53.7 Å². The lowest BCUT2D eigenvalue weighted by Crippen LogP contribution is -2.31. The maximum absolute atomic E-state index is 14.6. The van der Waals surface area contributed by atoms with Crippen LogP contribution in [-0.2, 0) is 19.6 Å².